The Kier molecular flexibility index (Phi) is 3.91. The van der Waals surface area contributed by atoms with E-state index < -0.39 is 0 Å². The summed E-state index contributed by atoms with van der Waals surface area (Å²) in [5.74, 6) is -0.0653. The van der Waals surface area contributed by atoms with Gasteiger partial charge in [-0.15, -0.1) is 10.2 Å². The summed E-state index contributed by atoms with van der Waals surface area (Å²) in [4.78, 5) is 16.2. The highest BCUT2D eigenvalue weighted by Gasteiger charge is 2.19. The van der Waals surface area contributed by atoms with E-state index in [9.17, 15) is 4.79 Å². The number of likely N-dealkylation sites (N-methyl/N-ethyl adjacent to an activating group) is 1. The number of rotatable bonds is 1. The maximum Gasteiger partial charge on any atom is 0.274 e. The number of amides is 1. The molecule has 0 radical (unpaired) electrons. The van der Waals surface area contributed by atoms with Crippen molar-refractivity contribution in [1.82, 2.24) is 20.0 Å². The Morgan fingerprint density at radius 1 is 1.24 bits per heavy atom. The predicted molar refractivity (Wildman–Crippen MR) is 65.1 cm³/mol. The van der Waals surface area contributed by atoms with E-state index in [-0.39, 0.29) is 5.91 Å². The van der Waals surface area contributed by atoms with Crippen LogP contribution in [0.4, 0.5) is 0 Å². The molecular formula is C11H15ClN4O. The zero-order valence-electron chi connectivity index (χ0n) is 9.77. The van der Waals surface area contributed by atoms with Crippen LogP contribution in [0.5, 0.6) is 0 Å². The molecule has 17 heavy (non-hydrogen) atoms. The van der Waals surface area contributed by atoms with Gasteiger partial charge in [-0.05, 0) is 32.1 Å². The summed E-state index contributed by atoms with van der Waals surface area (Å²) in [5, 5.41) is 7.81. The Hall–Kier alpha value is -1.20. The van der Waals surface area contributed by atoms with Crippen molar-refractivity contribution in [2.75, 3.05) is 33.2 Å². The third kappa shape index (κ3) is 3.14. The standard InChI is InChI=1S/C11H15ClN4O/c1-15-5-2-6-16(8-7-15)11(17)9-3-4-10(12)14-13-9/h3-4H,2,5-8H2,1H3. The Morgan fingerprint density at radius 2 is 2.06 bits per heavy atom. The highest BCUT2D eigenvalue weighted by molar-refractivity contribution is 6.29. The molecule has 1 aromatic heterocycles. The molecule has 1 amide bonds. The number of carbonyl (C=O) groups is 1. The average molecular weight is 255 g/mol. The second-order valence-electron chi connectivity index (χ2n) is 4.19. The third-order valence-electron chi connectivity index (χ3n) is 2.86. The summed E-state index contributed by atoms with van der Waals surface area (Å²) < 4.78 is 0. The molecule has 0 N–H and O–H groups in total. The summed E-state index contributed by atoms with van der Waals surface area (Å²) in [6.45, 7) is 3.43. The van der Waals surface area contributed by atoms with Gasteiger partial charge in [0.1, 0.15) is 0 Å². The predicted octanol–water partition coefficient (Wildman–Crippen LogP) is 0.908. The minimum Gasteiger partial charge on any atom is -0.336 e. The second-order valence-corrected chi connectivity index (χ2v) is 4.58. The molecule has 6 heteroatoms. The first-order chi connectivity index (χ1) is 8.16. The lowest BCUT2D eigenvalue weighted by Gasteiger charge is -2.19. The lowest BCUT2D eigenvalue weighted by Crippen LogP contribution is -2.35. The summed E-state index contributed by atoms with van der Waals surface area (Å²) >= 11 is 5.64. The smallest absolute Gasteiger partial charge is 0.274 e. The van der Waals surface area contributed by atoms with E-state index >= 15 is 0 Å². The highest BCUT2D eigenvalue weighted by Crippen LogP contribution is 2.08. The Morgan fingerprint density at radius 3 is 2.76 bits per heavy atom. The lowest BCUT2D eigenvalue weighted by atomic mass is 10.3. The summed E-state index contributed by atoms with van der Waals surface area (Å²) in [5.41, 5.74) is 0.360. The van der Waals surface area contributed by atoms with Crippen molar-refractivity contribution in [3.8, 4) is 0 Å². The first-order valence-electron chi connectivity index (χ1n) is 5.64. The molecule has 0 spiro atoms. The topological polar surface area (TPSA) is 49.3 Å². The van der Waals surface area contributed by atoms with E-state index in [1.165, 1.54) is 0 Å². The van der Waals surface area contributed by atoms with Crippen LogP contribution in [-0.2, 0) is 0 Å². The van der Waals surface area contributed by atoms with Gasteiger partial charge in [0.2, 0.25) is 0 Å². The normalized spacial score (nSPS) is 17.9. The number of nitrogens with zero attached hydrogens (tertiary/aromatic N) is 4. The lowest BCUT2D eigenvalue weighted by molar-refractivity contribution is 0.0755. The number of halogens is 1. The average Bonchev–Trinajstić information content (AvgIpc) is 2.54. The van der Waals surface area contributed by atoms with Gasteiger partial charge in [-0.3, -0.25) is 4.79 Å². The van der Waals surface area contributed by atoms with E-state index in [0.717, 1.165) is 32.6 Å². The van der Waals surface area contributed by atoms with Crippen LogP contribution >= 0.6 is 11.6 Å². The maximum absolute atomic E-state index is 12.1. The summed E-state index contributed by atoms with van der Waals surface area (Å²) in [6, 6.07) is 3.21. The van der Waals surface area contributed by atoms with Gasteiger partial charge in [0.05, 0.1) is 0 Å². The maximum atomic E-state index is 12.1. The molecule has 1 saturated heterocycles. The fraction of sp³-hybridized carbons (Fsp3) is 0.545. The quantitative estimate of drug-likeness (QED) is 0.748. The SMILES string of the molecule is CN1CCCN(C(=O)c2ccc(Cl)nn2)CC1. The number of hydrogen-bond acceptors (Lipinski definition) is 4. The van der Waals surface area contributed by atoms with Gasteiger partial charge >= 0.3 is 0 Å². The van der Waals surface area contributed by atoms with E-state index in [1.807, 2.05) is 4.90 Å². The molecule has 1 aliphatic heterocycles. The van der Waals surface area contributed by atoms with E-state index in [2.05, 4.69) is 22.1 Å². The molecule has 0 aromatic carbocycles. The van der Waals surface area contributed by atoms with Gasteiger partial charge < -0.3 is 9.80 Å². The molecule has 2 heterocycles. The summed E-state index contributed by atoms with van der Waals surface area (Å²) in [6.07, 6.45) is 0.989. The Bertz CT molecular complexity index is 395. The van der Waals surface area contributed by atoms with Crippen molar-refractivity contribution in [2.45, 2.75) is 6.42 Å². The van der Waals surface area contributed by atoms with Gasteiger partial charge in [-0.2, -0.15) is 0 Å². The van der Waals surface area contributed by atoms with E-state index in [0.29, 0.717) is 10.8 Å². The molecule has 92 valence electrons. The van der Waals surface area contributed by atoms with Crippen LogP contribution in [0.3, 0.4) is 0 Å². The van der Waals surface area contributed by atoms with E-state index in [1.54, 1.807) is 12.1 Å². The molecule has 0 bridgehead atoms. The molecule has 1 fully saturated rings. The van der Waals surface area contributed by atoms with Crippen molar-refractivity contribution in [3.63, 3.8) is 0 Å². The van der Waals surface area contributed by atoms with Crippen LogP contribution in [0.2, 0.25) is 5.15 Å². The van der Waals surface area contributed by atoms with Crippen LogP contribution in [0.1, 0.15) is 16.9 Å². The zero-order valence-corrected chi connectivity index (χ0v) is 10.5. The molecule has 5 nitrogen and oxygen atoms in total. The Balaban J connectivity index is 2.06. The van der Waals surface area contributed by atoms with Crippen molar-refractivity contribution in [2.24, 2.45) is 0 Å². The number of hydrogen-bond donors (Lipinski definition) is 0. The van der Waals surface area contributed by atoms with Crippen molar-refractivity contribution in [1.29, 1.82) is 0 Å². The fourth-order valence-electron chi connectivity index (χ4n) is 1.84. The zero-order chi connectivity index (χ0) is 12.3. The van der Waals surface area contributed by atoms with Crippen LogP contribution in [-0.4, -0.2) is 59.1 Å². The molecule has 0 atom stereocenters. The minimum absolute atomic E-state index is 0.0653. The minimum atomic E-state index is -0.0653. The molecule has 1 aliphatic rings. The van der Waals surface area contributed by atoms with Crippen molar-refractivity contribution in [3.05, 3.63) is 23.0 Å². The Labute approximate surface area is 105 Å². The number of aromatic nitrogens is 2. The molecular weight excluding hydrogens is 240 g/mol. The van der Waals surface area contributed by atoms with Crippen molar-refractivity contribution >= 4 is 17.5 Å². The number of carbonyl (C=O) groups excluding carboxylic acids is 1. The second kappa shape index (κ2) is 5.42. The van der Waals surface area contributed by atoms with Gasteiger partial charge in [0, 0.05) is 19.6 Å². The molecule has 1 aromatic rings. The van der Waals surface area contributed by atoms with Crippen LogP contribution in [0.15, 0.2) is 12.1 Å². The van der Waals surface area contributed by atoms with Crippen LogP contribution in [0, 0.1) is 0 Å². The third-order valence-corrected chi connectivity index (χ3v) is 3.06. The molecule has 0 aliphatic carbocycles. The van der Waals surface area contributed by atoms with E-state index in [4.69, 9.17) is 11.6 Å². The first-order valence-corrected chi connectivity index (χ1v) is 6.01. The first kappa shape index (κ1) is 12.3. The van der Waals surface area contributed by atoms with Gasteiger partial charge in [-0.1, -0.05) is 11.6 Å². The highest BCUT2D eigenvalue weighted by atomic mass is 35.5. The van der Waals surface area contributed by atoms with Crippen molar-refractivity contribution < 1.29 is 4.79 Å². The van der Waals surface area contributed by atoms with Gasteiger partial charge in [0.25, 0.3) is 5.91 Å². The molecule has 0 unspecified atom stereocenters. The van der Waals surface area contributed by atoms with Crippen LogP contribution < -0.4 is 0 Å². The summed E-state index contributed by atoms with van der Waals surface area (Å²) in [7, 11) is 2.07. The van der Waals surface area contributed by atoms with Gasteiger partial charge in [0.15, 0.2) is 10.8 Å². The monoisotopic (exact) mass is 254 g/mol. The van der Waals surface area contributed by atoms with Crippen LogP contribution in [0.25, 0.3) is 0 Å². The molecule has 0 saturated carbocycles. The molecule has 2 rings (SSSR count). The fourth-order valence-corrected chi connectivity index (χ4v) is 1.94. The van der Waals surface area contributed by atoms with Gasteiger partial charge in [-0.25, -0.2) is 0 Å². The largest absolute Gasteiger partial charge is 0.336 e.